The first-order chi connectivity index (χ1) is 6.79. The number of alkyl halides is 3. The van der Waals surface area contributed by atoms with Crippen LogP contribution in [0.15, 0.2) is 23.1 Å². The number of halogens is 4. The molecule has 0 fully saturated rings. The summed E-state index contributed by atoms with van der Waals surface area (Å²) >= 11 is -0.305. The Labute approximate surface area is 89.7 Å². The summed E-state index contributed by atoms with van der Waals surface area (Å²) in [5.41, 5.74) is -3.94. The molecule has 1 aromatic rings. The highest BCUT2D eigenvalue weighted by Crippen LogP contribution is 2.37. The maximum atomic E-state index is 13.3. The van der Waals surface area contributed by atoms with Crippen LogP contribution in [0.5, 0.6) is 0 Å². The first-order valence-corrected chi connectivity index (χ1v) is 5.16. The number of hydrogen-bond acceptors (Lipinski definition) is 1. The van der Waals surface area contributed by atoms with Gasteiger partial charge >= 0.3 is 5.51 Å². The number of hydrogen-bond donors (Lipinski definition) is 0. The highest BCUT2D eigenvalue weighted by molar-refractivity contribution is 8.00. The minimum absolute atomic E-state index is 0.0325. The van der Waals surface area contributed by atoms with Gasteiger partial charge in [-0.15, -0.1) is 0 Å². The van der Waals surface area contributed by atoms with Crippen molar-refractivity contribution in [2.45, 2.75) is 30.2 Å². The van der Waals surface area contributed by atoms with E-state index >= 15 is 0 Å². The van der Waals surface area contributed by atoms with Gasteiger partial charge in [0.1, 0.15) is 5.82 Å². The van der Waals surface area contributed by atoms with E-state index in [1.165, 1.54) is 12.1 Å². The Balaban J connectivity index is 2.92. The molecule has 0 amide bonds. The Bertz CT molecular complexity index is 344. The molecule has 84 valence electrons. The maximum absolute atomic E-state index is 13.3. The van der Waals surface area contributed by atoms with Crippen molar-refractivity contribution in [1.82, 2.24) is 0 Å². The van der Waals surface area contributed by atoms with E-state index in [1.807, 2.05) is 0 Å². The summed E-state index contributed by atoms with van der Waals surface area (Å²) < 4.78 is 49.2. The molecule has 0 saturated heterocycles. The Morgan fingerprint density at radius 1 is 1.20 bits per heavy atom. The second-order valence-corrected chi connectivity index (χ2v) is 4.52. The minimum Gasteiger partial charge on any atom is -0.207 e. The molecule has 0 spiro atoms. The van der Waals surface area contributed by atoms with Crippen LogP contribution in [0.25, 0.3) is 0 Å². The Kier molecular flexibility index (Phi) is 3.65. The monoisotopic (exact) mass is 238 g/mol. The van der Waals surface area contributed by atoms with E-state index in [0.717, 1.165) is 6.07 Å². The summed E-state index contributed by atoms with van der Waals surface area (Å²) in [5.74, 6) is -0.616. The van der Waals surface area contributed by atoms with Crippen LogP contribution in [0.1, 0.15) is 25.3 Å². The molecule has 0 aromatic heterocycles. The molecule has 0 atom stereocenters. The van der Waals surface area contributed by atoms with Crippen LogP contribution in [0.3, 0.4) is 0 Å². The molecule has 0 radical (unpaired) electrons. The first kappa shape index (κ1) is 12.4. The lowest BCUT2D eigenvalue weighted by Crippen LogP contribution is -2.00. The maximum Gasteiger partial charge on any atom is 0.446 e. The van der Waals surface area contributed by atoms with E-state index in [2.05, 4.69) is 0 Å². The van der Waals surface area contributed by atoms with Gasteiger partial charge in [-0.2, -0.15) is 13.2 Å². The number of benzene rings is 1. The van der Waals surface area contributed by atoms with Gasteiger partial charge in [0.05, 0.1) is 0 Å². The molecular weight excluding hydrogens is 228 g/mol. The Morgan fingerprint density at radius 2 is 1.80 bits per heavy atom. The molecule has 0 nitrogen and oxygen atoms in total. The van der Waals surface area contributed by atoms with Gasteiger partial charge in [0.15, 0.2) is 0 Å². The predicted molar refractivity (Wildman–Crippen MR) is 52.4 cm³/mol. The van der Waals surface area contributed by atoms with Crippen molar-refractivity contribution in [3.05, 3.63) is 29.6 Å². The van der Waals surface area contributed by atoms with Crippen molar-refractivity contribution in [3.8, 4) is 0 Å². The Hall–Kier alpha value is -0.710. The third-order valence-electron chi connectivity index (χ3n) is 1.83. The zero-order valence-corrected chi connectivity index (χ0v) is 9.05. The fourth-order valence-electron chi connectivity index (χ4n) is 1.17. The topological polar surface area (TPSA) is 0 Å². The van der Waals surface area contributed by atoms with Crippen LogP contribution in [0, 0.1) is 5.82 Å². The lowest BCUT2D eigenvalue weighted by molar-refractivity contribution is -0.0328. The molecule has 0 bridgehead atoms. The van der Waals surface area contributed by atoms with Crippen LogP contribution in [-0.4, -0.2) is 5.51 Å². The second-order valence-electron chi connectivity index (χ2n) is 3.39. The van der Waals surface area contributed by atoms with E-state index in [0.29, 0.717) is 5.56 Å². The highest BCUT2D eigenvalue weighted by atomic mass is 32.2. The summed E-state index contributed by atoms with van der Waals surface area (Å²) in [6.07, 6.45) is 0. The van der Waals surface area contributed by atoms with Gasteiger partial charge in [0.25, 0.3) is 0 Å². The normalized spacial score (nSPS) is 12.2. The van der Waals surface area contributed by atoms with Crippen LogP contribution >= 0.6 is 11.8 Å². The molecule has 0 unspecified atom stereocenters. The summed E-state index contributed by atoms with van der Waals surface area (Å²) in [6.45, 7) is 3.57. The van der Waals surface area contributed by atoms with Gasteiger partial charge in [-0.25, -0.2) is 4.39 Å². The molecule has 15 heavy (non-hydrogen) atoms. The van der Waals surface area contributed by atoms with Gasteiger partial charge in [-0.05, 0) is 35.4 Å². The summed E-state index contributed by atoms with van der Waals surface area (Å²) in [4.78, 5) is -0.121. The number of rotatable bonds is 2. The van der Waals surface area contributed by atoms with Gasteiger partial charge in [0, 0.05) is 4.90 Å². The summed E-state index contributed by atoms with van der Waals surface area (Å²) in [7, 11) is 0. The minimum atomic E-state index is -4.37. The number of thioether (sulfide) groups is 1. The fraction of sp³-hybridized carbons (Fsp3) is 0.400. The molecule has 0 aliphatic carbocycles. The molecule has 0 heterocycles. The molecule has 0 aliphatic heterocycles. The summed E-state index contributed by atoms with van der Waals surface area (Å²) in [6, 6.07) is 3.61. The third kappa shape index (κ3) is 3.74. The van der Waals surface area contributed by atoms with Gasteiger partial charge in [-0.3, -0.25) is 0 Å². The van der Waals surface area contributed by atoms with E-state index in [9.17, 15) is 17.6 Å². The van der Waals surface area contributed by atoms with Crippen molar-refractivity contribution < 1.29 is 17.6 Å². The molecule has 5 heteroatoms. The third-order valence-corrected chi connectivity index (χ3v) is 2.55. The van der Waals surface area contributed by atoms with Crippen LogP contribution in [0.2, 0.25) is 0 Å². The van der Waals surface area contributed by atoms with E-state index in [4.69, 9.17) is 0 Å². The second kappa shape index (κ2) is 4.43. The molecular formula is C10H10F4S. The van der Waals surface area contributed by atoms with Crippen molar-refractivity contribution in [2.75, 3.05) is 0 Å². The molecule has 0 saturated carbocycles. The van der Waals surface area contributed by atoms with E-state index in [1.54, 1.807) is 13.8 Å². The van der Waals surface area contributed by atoms with E-state index < -0.39 is 11.3 Å². The van der Waals surface area contributed by atoms with Gasteiger partial charge in [0.2, 0.25) is 0 Å². The van der Waals surface area contributed by atoms with Crippen molar-refractivity contribution in [3.63, 3.8) is 0 Å². The standard InChI is InChI=1S/C10H10F4S/c1-6(2)8-4-3-7(5-9(8)11)15-10(12,13)14/h3-6H,1-2H3. The Morgan fingerprint density at radius 3 is 2.20 bits per heavy atom. The fourth-order valence-corrected chi connectivity index (χ4v) is 1.74. The van der Waals surface area contributed by atoms with Crippen molar-refractivity contribution in [1.29, 1.82) is 0 Å². The molecule has 1 aromatic carbocycles. The summed E-state index contributed by atoms with van der Waals surface area (Å²) in [5, 5.41) is 0. The zero-order chi connectivity index (χ0) is 11.6. The predicted octanol–water partition coefficient (Wildman–Crippen LogP) is 4.56. The SMILES string of the molecule is CC(C)c1ccc(SC(F)(F)F)cc1F. The highest BCUT2D eigenvalue weighted by Gasteiger charge is 2.29. The smallest absolute Gasteiger partial charge is 0.207 e. The molecule has 1 rings (SSSR count). The van der Waals surface area contributed by atoms with Crippen LogP contribution in [0.4, 0.5) is 17.6 Å². The van der Waals surface area contributed by atoms with Crippen LogP contribution in [-0.2, 0) is 0 Å². The largest absolute Gasteiger partial charge is 0.446 e. The van der Waals surface area contributed by atoms with Crippen LogP contribution < -0.4 is 0 Å². The van der Waals surface area contributed by atoms with Gasteiger partial charge in [-0.1, -0.05) is 19.9 Å². The quantitative estimate of drug-likeness (QED) is 0.537. The van der Waals surface area contributed by atoms with Crippen molar-refractivity contribution in [2.24, 2.45) is 0 Å². The first-order valence-electron chi connectivity index (χ1n) is 4.35. The van der Waals surface area contributed by atoms with Gasteiger partial charge < -0.3 is 0 Å². The zero-order valence-electron chi connectivity index (χ0n) is 8.23. The lowest BCUT2D eigenvalue weighted by atomic mass is 10.0. The lowest BCUT2D eigenvalue weighted by Gasteiger charge is -2.09. The molecule has 0 aliphatic rings. The average Bonchev–Trinajstić information content (AvgIpc) is 1.99. The van der Waals surface area contributed by atoms with Crippen molar-refractivity contribution >= 4 is 11.8 Å². The van der Waals surface area contributed by atoms with E-state index in [-0.39, 0.29) is 22.6 Å². The molecule has 0 N–H and O–H groups in total. The average molecular weight is 238 g/mol.